The second-order valence-electron chi connectivity index (χ2n) is 9.87. The Morgan fingerprint density at radius 3 is 2.13 bits per heavy atom. The van der Waals surface area contributed by atoms with E-state index in [0.717, 1.165) is 28.8 Å². The van der Waals surface area contributed by atoms with Crippen LogP contribution in [0, 0.1) is 29.6 Å². The van der Waals surface area contributed by atoms with Crippen LogP contribution in [0.25, 0.3) is 5.69 Å². The maximum Gasteiger partial charge on any atom is 0.337 e. The van der Waals surface area contributed by atoms with E-state index in [1.54, 1.807) is 18.3 Å². The van der Waals surface area contributed by atoms with Crippen molar-refractivity contribution in [1.29, 1.82) is 0 Å². The Balaban J connectivity index is 1.47. The van der Waals surface area contributed by atoms with Crippen LogP contribution in [0.1, 0.15) is 78.3 Å². The zero-order valence-corrected chi connectivity index (χ0v) is 18.0. The second kappa shape index (κ2) is 7.36. The molecule has 4 bridgehead atoms. The minimum Gasteiger partial charge on any atom is -0.465 e. The van der Waals surface area contributed by atoms with Crippen molar-refractivity contribution in [3.8, 4) is 5.69 Å². The van der Waals surface area contributed by atoms with Crippen LogP contribution in [-0.2, 0) is 4.74 Å². The van der Waals surface area contributed by atoms with E-state index in [1.165, 1.54) is 39.2 Å². The van der Waals surface area contributed by atoms with E-state index >= 15 is 0 Å². The minimum absolute atomic E-state index is 0.170. The van der Waals surface area contributed by atoms with Crippen molar-refractivity contribution < 1.29 is 14.3 Å². The number of ketones is 1. The molecule has 1 aromatic carbocycles. The van der Waals surface area contributed by atoms with Gasteiger partial charge in [-0.05, 0) is 86.0 Å². The molecule has 2 aromatic rings. The number of esters is 1. The Bertz CT molecular complexity index is 945. The van der Waals surface area contributed by atoms with E-state index in [9.17, 15) is 9.59 Å². The number of carbonyl (C=O) groups excluding carboxylic acids is 2. The number of aromatic nitrogens is 2. The molecule has 1 heterocycles. The van der Waals surface area contributed by atoms with Crippen LogP contribution in [0.5, 0.6) is 0 Å². The molecule has 30 heavy (non-hydrogen) atoms. The summed E-state index contributed by atoms with van der Waals surface area (Å²) < 4.78 is 6.66. The fraction of sp³-hybridized carbons (Fsp3) is 0.560. The van der Waals surface area contributed by atoms with Crippen molar-refractivity contribution in [1.82, 2.24) is 9.78 Å². The summed E-state index contributed by atoms with van der Waals surface area (Å²) in [6, 6.07) is 7.21. The highest BCUT2D eigenvalue weighted by molar-refractivity contribution is 5.99. The van der Waals surface area contributed by atoms with E-state index in [4.69, 9.17) is 4.74 Å². The standard InChI is InChI=1S/C25H30N2O3/c1-14(2)23-21(13-26-27(23)20-6-4-17(5-7-20)25(29)30-3)24(28)22-18-9-15-8-16(11-18)12-19(22)10-15/h4-7,13-16,18-19,22H,8-12H2,1-3H3. The molecule has 1 aromatic heterocycles. The molecule has 4 fully saturated rings. The van der Waals surface area contributed by atoms with Gasteiger partial charge in [0.1, 0.15) is 0 Å². The average Bonchev–Trinajstić information content (AvgIpc) is 3.18. The van der Waals surface area contributed by atoms with Gasteiger partial charge in [0.05, 0.1) is 35.8 Å². The third-order valence-electron chi connectivity index (χ3n) is 7.68. The van der Waals surface area contributed by atoms with Gasteiger partial charge in [-0.3, -0.25) is 4.79 Å². The lowest BCUT2D eigenvalue weighted by Crippen LogP contribution is -2.48. The lowest BCUT2D eigenvalue weighted by molar-refractivity contribution is -0.0251. The summed E-state index contributed by atoms with van der Waals surface area (Å²) in [5.41, 5.74) is 3.12. The summed E-state index contributed by atoms with van der Waals surface area (Å²) in [6.45, 7) is 4.23. The number of rotatable bonds is 5. The van der Waals surface area contributed by atoms with Gasteiger partial charge >= 0.3 is 5.97 Å². The van der Waals surface area contributed by atoms with E-state index in [2.05, 4.69) is 18.9 Å². The van der Waals surface area contributed by atoms with Crippen LogP contribution in [-0.4, -0.2) is 28.6 Å². The van der Waals surface area contributed by atoms with E-state index in [-0.39, 0.29) is 17.8 Å². The number of ether oxygens (including phenoxy) is 1. The maximum atomic E-state index is 13.8. The molecule has 4 aliphatic carbocycles. The molecule has 0 saturated heterocycles. The number of Topliss-reactive ketones (excluding diaryl/α,β-unsaturated/α-hetero) is 1. The molecule has 0 radical (unpaired) electrons. The summed E-state index contributed by atoms with van der Waals surface area (Å²) in [6.07, 6.45) is 8.13. The summed E-state index contributed by atoms with van der Waals surface area (Å²) in [7, 11) is 1.38. The Labute approximate surface area is 177 Å². The largest absolute Gasteiger partial charge is 0.465 e. The van der Waals surface area contributed by atoms with Gasteiger partial charge in [0, 0.05) is 5.92 Å². The first-order valence-electron chi connectivity index (χ1n) is 11.3. The Morgan fingerprint density at radius 1 is 1.00 bits per heavy atom. The topological polar surface area (TPSA) is 61.2 Å². The average molecular weight is 407 g/mol. The zero-order chi connectivity index (χ0) is 21.0. The van der Waals surface area contributed by atoms with E-state index in [0.29, 0.717) is 23.2 Å². The normalized spacial score (nSPS) is 29.4. The quantitative estimate of drug-likeness (QED) is 0.516. The number of benzene rings is 1. The van der Waals surface area contributed by atoms with Gasteiger partial charge in [0.15, 0.2) is 5.78 Å². The monoisotopic (exact) mass is 406 g/mol. The van der Waals surface area contributed by atoms with Gasteiger partial charge < -0.3 is 4.74 Å². The zero-order valence-electron chi connectivity index (χ0n) is 18.0. The first-order valence-corrected chi connectivity index (χ1v) is 11.3. The third-order valence-corrected chi connectivity index (χ3v) is 7.68. The molecule has 4 saturated carbocycles. The first kappa shape index (κ1) is 19.5. The molecule has 5 nitrogen and oxygen atoms in total. The van der Waals surface area contributed by atoms with Crippen LogP contribution < -0.4 is 0 Å². The summed E-state index contributed by atoms with van der Waals surface area (Å²) in [4.78, 5) is 25.5. The summed E-state index contributed by atoms with van der Waals surface area (Å²) in [5.74, 6) is 3.15. The van der Waals surface area contributed by atoms with Crippen molar-refractivity contribution in [2.45, 2.75) is 51.9 Å². The van der Waals surface area contributed by atoms with Crippen LogP contribution in [0.3, 0.4) is 0 Å². The molecule has 0 N–H and O–H groups in total. The molecule has 0 spiro atoms. The fourth-order valence-electron chi connectivity index (χ4n) is 6.70. The van der Waals surface area contributed by atoms with Crippen molar-refractivity contribution in [3.05, 3.63) is 47.3 Å². The van der Waals surface area contributed by atoms with Gasteiger partial charge in [-0.15, -0.1) is 0 Å². The third kappa shape index (κ3) is 3.10. The molecule has 0 aliphatic heterocycles. The minimum atomic E-state index is -0.358. The molecule has 0 atom stereocenters. The number of carbonyl (C=O) groups is 2. The molecular formula is C25H30N2O3. The summed E-state index contributed by atoms with van der Waals surface area (Å²) in [5, 5.41) is 4.62. The molecule has 158 valence electrons. The van der Waals surface area contributed by atoms with Crippen molar-refractivity contribution in [2.24, 2.45) is 29.6 Å². The van der Waals surface area contributed by atoms with Gasteiger partial charge in [-0.25, -0.2) is 9.48 Å². The Morgan fingerprint density at radius 2 is 1.60 bits per heavy atom. The number of hydrogen-bond donors (Lipinski definition) is 0. The van der Waals surface area contributed by atoms with E-state index in [1.807, 2.05) is 16.8 Å². The molecule has 6 rings (SSSR count). The fourth-order valence-corrected chi connectivity index (χ4v) is 6.70. The van der Waals surface area contributed by atoms with Crippen LogP contribution >= 0.6 is 0 Å². The van der Waals surface area contributed by atoms with E-state index < -0.39 is 0 Å². The molecule has 0 unspecified atom stereocenters. The number of methoxy groups -OCH3 is 1. The second-order valence-corrected chi connectivity index (χ2v) is 9.87. The Hall–Kier alpha value is -2.43. The highest BCUT2D eigenvalue weighted by Crippen LogP contribution is 2.57. The number of hydrogen-bond acceptors (Lipinski definition) is 4. The summed E-state index contributed by atoms with van der Waals surface area (Å²) >= 11 is 0. The SMILES string of the molecule is COC(=O)c1ccc(-n2ncc(C(=O)C3C4CC5CC(C4)CC3C5)c2C(C)C)cc1. The lowest BCUT2D eigenvalue weighted by Gasteiger charge is -2.53. The number of nitrogens with zero attached hydrogens (tertiary/aromatic N) is 2. The molecule has 4 aliphatic rings. The van der Waals surface area contributed by atoms with Gasteiger partial charge in [0.2, 0.25) is 0 Å². The van der Waals surface area contributed by atoms with Crippen LogP contribution in [0.2, 0.25) is 0 Å². The van der Waals surface area contributed by atoms with Gasteiger partial charge in [-0.2, -0.15) is 5.10 Å². The predicted molar refractivity (Wildman–Crippen MR) is 114 cm³/mol. The smallest absolute Gasteiger partial charge is 0.337 e. The predicted octanol–water partition coefficient (Wildman–Crippen LogP) is 5.04. The highest BCUT2D eigenvalue weighted by Gasteiger charge is 2.51. The lowest BCUT2D eigenvalue weighted by atomic mass is 9.51. The molecular weight excluding hydrogens is 376 g/mol. The maximum absolute atomic E-state index is 13.8. The van der Waals surface area contributed by atoms with Gasteiger partial charge in [-0.1, -0.05) is 13.8 Å². The molecule has 5 heteroatoms. The van der Waals surface area contributed by atoms with Crippen molar-refractivity contribution in [2.75, 3.05) is 7.11 Å². The van der Waals surface area contributed by atoms with Crippen LogP contribution in [0.15, 0.2) is 30.5 Å². The van der Waals surface area contributed by atoms with Crippen molar-refractivity contribution in [3.63, 3.8) is 0 Å². The first-order chi connectivity index (χ1) is 14.5. The van der Waals surface area contributed by atoms with Crippen LogP contribution in [0.4, 0.5) is 0 Å². The molecule has 0 amide bonds. The van der Waals surface area contributed by atoms with Crippen molar-refractivity contribution >= 4 is 11.8 Å². The highest BCUT2D eigenvalue weighted by atomic mass is 16.5. The Kier molecular flexibility index (Phi) is 4.79. The van der Waals surface area contributed by atoms with Gasteiger partial charge in [0.25, 0.3) is 0 Å².